The van der Waals surface area contributed by atoms with Gasteiger partial charge in [0.1, 0.15) is 5.75 Å². The van der Waals surface area contributed by atoms with Gasteiger partial charge in [-0.15, -0.1) is 0 Å². The van der Waals surface area contributed by atoms with Gasteiger partial charge in [0.05, 0.1) is 22.6 Å². The molecule has 0 spiro atoms. The molecule has 4 aromatic rings. The molecule has 5 rings (SSSR count). The molecule has 1 aliphatic heterocycles. The zero-order valence-electron chi connectivity index (χ0n) is 18.9. The van der Waals surface area contributed by atoms with Crippen LogP contribution in [-0.2, 0) is 27.9 Å². The molecule has 1 atom stereocenters. The lowest BCUT2D eigenvalue weighted by Crippen LogP contribution is -2.50. The van der Waals surface area contributed by atoms with Crippen LogP contribution in [0.5, 0.6) is 5.75 Å². The third-order valence-electron chi connectivity index (χ3n) is 5.88. The molecule has 0 saturated heterocycles. The van der Waals surface area contributed by atoms with Crippen LogP contribution in [0.25, 0.3) is 11.1 Å². The molecule has 35 heavy (non-hydrogen) atoms. The maximum absolute atomic E-state index is 13.7. The minimum Gasteiger partial charge on any atom is -0.476 e. The first kappa shape index (κ1) is 22.7. The number of anilines is 1. The van der Waals surface area contributed by atoms with Crippen LogP contribution in [0.4, 0.5) is 5.69 Å². The van der Waals surface area contributed by atoms with E-state index in [9.17, 15) is 18.0 Å². The molecule has 3 aromatic carbocycles. The van der Waals surface area contributed by atoms with E-state index in [0.29, 0.717) is 17.7 Å². The number of fused-ring (bicyclic) bond motifs is 2. The molecule has 1 N–H and O–H groups in total. The van der Waals surface area contributed by atoms with Gasteiger partial charge in [-0.25, -0.2) is 13.2 Å². The lowest BCUT2D eigenvalue weighted by atomic mass is 10.2. The van der Waals surface area contributed by atoms with Crippen molar-refractivity contribution in [3.05, 3.63) is 88.9 Å². The molecule has 1 aromatic heterocycles. The van der Waals surface area contributed by atoms with Gasteiger partial charge in [0.2, 0.25) is 0 Å². The number of para-hydroxylation sites is 2. The summed E-state index contributed by atoms with van der Waals surface area (Å²) in [7, 11) is -4.11. The van der Waals surface area contributed by atoms with E-state index in [-0.39, 0.29) is 29.3 Å². The molecule has 0 fully saturated rings. The van der Waals surface area contributed by atoms with Crippen molar-refractivity contribution in [2.75, 3.05) is 10.8 Å². The summed E-state index contributed by atoms with van der Waals surface area (Å²) in [5, 5.41) is 2.81. The molecule has 0 radical (unpaired) electrons. The summed E-state index contributed by atoms with van der Waals surface area (Å²) < 4.78 is 41.1. The summed E-state index contributed by atoms with van der Waals surface area (Å²) >= 11 is 0. The minimum atomic E-state index is -4.11. The monoisotopic (exact) mass is 493 g/mol. The maximum Gasteiger partial charge on any atom is 0.419 e. The summed E-state index contributed by atoms with van der Waals surface area (Å²) in [5.74, 6) is -0.694. The van der Waals surface area contributed by atoms with Gasteiger partial charge < -0.3 is 14.5 Å². The van der Waals surface area contributed by atoms with Gasteiger partial charge in [0.15, 0.2) is 11.7 Å². The van der Waals surface area contributed by atoms with E-state index >= 15 is 0 Å². The second kappa shape index (κ2) is 8.95. The molecule has 1 aliphatic rings. The lowest BCUT2D eigenvalue weighted by molar-refractivity contribution is -0.127. The molecule has 2 heterocycles. The number of rotatable bonds is 6. The van der Waals surface area contributed by atoms with Crippen molar-refractivity contribution in [1.29, 1.82) is 0 Å². The Labute approximate surface area is 201 Å². The van der Waals surface area contributed by atoms with Crippen molar-refractivity contribution < 1.29 is 22.4 Å². The van der Waals surface area contributed by atoms with Gasteiger partial charge in [-0.2, -0.15) is 0 Å². The Morgan fingerprint density at radius 2 is 1.80 bits per heavy atom. The number of oxazole rings is 1. The van der Waals surface area contributed by atoms with Gasteiger partial charge in [-0.3, -0.25) is 13.7 Å². The van der Waals surface area contributed by atoms with Gasteiger partial charge in [-0.05, 0) is 36.8 Å². The van der Waals surface area contributed by atoms with Crippen molar-refractivity contribution in [1.82, 2.24) is 9.88 Å². The van der Waals surface area contributed by atoms with Gasteiger partial charge in [0.25, 0.3) is 15.9 Å². The lowest BCUT2D eigenvalue weighted by Gasteiger charge is -2.34. The van der Waals surface area contributed by atoms with Crippen LogP contribution >= 0.6 is 0 Å². The zero-order valence-corrected chi connectivity index (χ0v) is 19.7. The van der Waals surface area contributed by atoms with E-state index in [0.717, 1.165) is 9.87 Å². The highest BCUT2D eigenvalue weighted by atomic mass is 32.2. The third kappa shape index (κ3) is 4.17. The first-order valence-electron chi connectivity index (χ1n) is 11.1. The molecule has 9 nitrogen and oxygen atoms in total. The number of nitrogens with one attached hydrogen (secondary N) is 1. The largest absolute Gasteiger partial charge is 0.476 e. The molecule has 0 unspecified atom stereocenters. The van der Waals surface area contributed by atoms with E-state index in [4.69, 9.17) is 9.15 Å². The Balaban J connectivity index is 1.47. The van der Waals surface area contributed by atoms with Crippen LogP contribution in [0.15, 0.2) is 86.9 Å². The minimum absolute atomic E-state index is 0.0536. The molecule has 1 amide bonds. The van der Waals surface area contributed by atoms with Crippen LogP contribution in [-0.4, -0.2) is 31.5 Å². The second-order valence-corrected chi connectivity index (χ2v) is 9.92. The highest BCUT2D eigenvalue weighted by Crippen LogP contribution is 2.37. The summed E-state index contributed by atoms with van der Waals surface area (Å²) in [6, 6.07) is 20.4. The Hall–Kier alpha value is -4.05. The van der Waals surface area contributed by atoms with Crippen molar-refractivity contribution in [2.24, 2.45) is 0 Å². The maximum atomic E-state index is 13.7. The fourth-order valence-electron chi connectivity index (χ4n) is 4.10. The summed E-state index contributed by atoms with van der Waals surface area (Å²) in [6.07, 6.45) is -1.05. The third-order valence-corrected chi connectivity index (χ3v) is 7.66. The number of aryl methyl sites for hydroxylation is 1. The zero-order chi connectivity index (χ0) is 24.6. The number of amides is 1. The Morgan fingerprint density at radius 3 is 2.57 bits per heavy atom. The number of nitrogens with zero attached hydrogens (tertiary/aromatic N) is 2. The number of carbonyl (C=O) groups excluding carboxylic acids is 1. The molecular formula is C25H23N3O6S. The molecule has 180 valence electrons. The van der Waals surface area contributed by atoms with E-state index in [2.05, 4.69) is 5.32 Å². The summed E-state index contributed by atoms with van der Waals surface area (Å²) in [4.78, 5) is 24.9. The average Bonchev–Trinajstić information content (AvgIpc) is 3.21. The smallest absolute Gasteiger partial charge is 0.419 e. The van der Waals surface area contributed by atoms with E-state index in [1.807, 2.05) is 30.3 Å². The SMILES string of the molecule is CCn1c(=O)oc2cc(S(=O)(=O)N3C[C@@H](C(=O)NCc4ccccc4)Oc4ccccc43)ccc21. The van der Waals surface area contributed by atoms with Gasteiger partial charge in [-0.1, -0.05) is 42.5 Å². The first-order chi connectivity index (χ1) is 16.9. The number of sulfonamides is 1. The van der Waals surface area contributed by atoms with E-state index < -0.39 is 27.8 Å². The van der Waals surface area contributed by atoms with Gasteiger partial charge >= 0.3 is 5.76 Å². The van der Waals surface area contributed by atoms with Crippen molar-refractivity contribution >= 4 is 32.7 Å². The van der Waals surface area contributed by atoms with Crippen molar-refractivity contribution in [2.45, 2.75) is 31.0 Å². The normalized spacial score (nSPS) is 15.5. The first-order valence-corrected chi connectivity index (χ1v) is 12.6. The predicted octanol–water partition coefficient (Wildman–Crippen LogP) is 2.89. The predicted molar refractivity (Wildman–Crippen MR) is 130 cm³/mol. The van der Waals surface area contributed by atoms with Crippen molar-refractivity contribution in [3.8, 4) is 5.75 Å². The van der Waals surface area contributed by atoms with E-state index in [1.165, 1.54) is 16.7 Å². The Bertz CT molecular complexity index is 1560. The number of ether oxygens (including phenoxy) is 1. The molecule has 0 saturated carbocycles. The fraction of sp³-hybridized carbons (Fsp3) is 0.200. The van der Waals surface area contributed by atoms with Crippen LogP contribution < -0.4 is 20.1 Å². The number of carbonyl (C=O) groups is 1. The Morgan fingerprint density at radius 1 is 1.06 bits per heavy atom. The number of hydrogen-bond acceptors (Lipinski definition) is 6. The van der Waals surface area contributed by atoms with Crippen LogP contribution in [0.2, 0.25) is 0 Å². The standard InChI is InChI=1S/C25H23N3O6S/c1-2-27-19-13-12-18(14-22(19)34-25(27)30)35(31,32)28-16-23(33-21-11-7-6-10-20(21)28)24(29)26-15-17-8-4-3-5-9-17/h3-14,23H,2,15-16H2,1H3,(H,26,29)/t23-/m0/s1. The van der Waals surface area contributed by atoms with Crippen LogP contribution in [0.1, 0.15) is 12.5 Å². The molecule has 0 aliphatic carbocycles. The highest BCUT2D eigenvalue weighted by Gasteiger charge is 2.37. The topological polar surface area (TPSA) is 111 Å². The highest BCUT2D eigenvalue weighted by molar-refractivity contribution is 7.92. The average molecular weight is 494 g/mol. The fourth-order valence-corrected chi connectivity index (χ4v) is 5.59. The summed E-state index contributed by atoms with van der Waals surface area (Å²) in [5.41, 5.74) is 1.93. The Kier molecular flexibility index (Phi) is 5.81. The van der Waals surface area contributed by atoms with E-state index in [1.54, 1.807) is 37.3 Å². The summed E-state index contributed by atoms with van der Waals surface area (Å²) in [6.45, 7) is 2.28. The second-order valence-electron chi connectivity index (χ2n) is 8.06. The molecule has 10 heteroatoms. The molecular weight excluding hydrogens is 470 g/mol. The van der Waals surface area contributed by atoms with Gasteiger partial charge in [0, 0.05) is 19.2 Å². The number of hydrogen-bond donors (Lipinski definition) is 1. The van der Waals surface area contributed by atoms with Crippen LogP contribution in [0.3, 0.4) is 0 Å². The molecule has 0 bridgehead atoms. The van der Waals surface area contributed by atoms with Crippen molar-refractivity contribution in [3.63, 3.8) is 0 Å². The quantitative estimate of drug-likeness (QED) is 0.442. The number of benzene rings is 3. The van der Waals surface area contributed by atoms with Crippen LogP contribution in [0, 0.1) is 0 Å². The number of aromatic nitrogens is 1.